The zero-order chi connectivity index (χ0) is 15.7. The van der Waals surface area contributed by atoms with Crippen molar-refractivity contribution in [2.24, 2.45) is 0 Å². The van der Waals surface area contributed by atoms with Gasteiger partial charge in [-0.25, -0.2) is 4.79 Å². The number of anilines is 1. The molecule has 21 heavy (non-hydrogen) atoms. The number of amides is 1. The van der Waals surface area contributed by atoms with Gasteiger partial charge in [-0.2, -0.15) is 0 Å². The molecule has 118 valence electrons. The van der Waals surface area contributed by atoms with Gasteiger partial charge in [0.1, 0.15) is 4.88 Å². The van der Waals surface area contributed by atoms with Gasteiger partial charge < -0.3 is 15.2 Å². The van der Waals surface area contributed by atoms with Gasteiger partial charge in [-0.1, -0.05) is 0 Å². The number of nitrogens with zero attached hydrogens (tertiary/aromatic N) is 1. The van der Waals surface area contributed by atoms with Crippen LogP contribution in [0.1, 0.15) is 28.9 Å². The normalized spacial score (nSPS) is 10.7. The Morgan fingerprint density at radius 2 is 2.14 bits per heavy atom. The first-order valence-electron chi connectivity index (χ1n) is 6.83. The number of aliphatic hydroxyl groups excluding tert-OH is 1. The van der Waals surface area contributed by atoms with E-state index in [4.69, 9.17) is 5.11 Å². The molecule has 0 spiro atoms. The Balaban J connectivity index is 2.40. The minimum Gasteiger partial charge on any atom is -0.465 e. The van der Waals surface area contributed by atoms with Gasteiger partial charge >= 0.3 is 5.97 Å². The molecule has 0 unspecified atom stereocenters. The molecule has 1 rings (SSSR count). The standard InChI is InChI=1S/C14H22N2O4S/c1-16(7-4-3-5-8-17)10-12(18)15-11-6-9-21-13(11)14(19)20-2/h6,9,17H,3-5,7-8,10H2,1-2H3,(H,15,18). The molecule has 0 fully saturated rings. The van der Waals surface area contributed by atoms with Crippen molar-refractivity contribution in [2.75, 3.05) is 39.2 Å². The van der Waals surface area contributed by atoms with Gasteiger partial charge in [-0.3, -0.25) is 9.69 Å². The zero-order valence-electron chi connectivity index (χ0n) is 12.4. The molecule has 1 aromatic rings. The van der Waals surface area contributed by atoms with Crippen LogP contribution in [0.15, 0.2) is 11.4 Å². The molecule has 0 aliphatic rings. The van der Waals surface area contributed by atoms with Crippen LogP contribution in [0.3, 0.4) is 0 Å². The molecule has 0 saturated carbocycles. The first-order valence-corrected chi connectivity index (χ1v) is 7.71. The molecule has 0 radical (unpaired) electrons. The van der Waals surface area contributed by atoms with E-state index < -0.39 is 5.97 Å². The first-order chi connectivity index (χ1) is 10.1. The number of esters is 1. The largest absolute Gasteiger partial charge is 0.465 e. The molecule has 0 bridgehead atoms. The quantitative estimate of drug-likeness (QED) is 0.534. The molecule has 1 heterocycles. The van der Waals surface area contributed by atoms with E-state index in [2.05, 4.69) is 10.1 Å². The number of carbonyl (C=O) groups excluding carboxylic acids is 2. The smallest absolute Gasteiger partial charge is 0.350 e. The summed E-state index contributed by atoms with van der Waals surface area (Å²) in [6.07, 6.45) is 2.67. The van der Waals surface area contributed by atoms with E-state index in [9.17, 15) is 9.59 Å². The van der Waals surface area contributed by atoms with E-state index >= 15 is 0 Å². The molecule has 0 aromatic carbocycles. The van der Waals surface area contributed by atoms with E-state index in [0.29, 0.717) is 10.6 Å². The van der Waals surface area contributed by atoms with Crippen LogP contribution in [0, 0.1) is 0 Å². The van der Waals surface area contributed by atoms with Crippen molar-refractivity contribution in [3.05, 3.63) is 16.3 Å². The third kappa shape index (κ3) is 6.24. The van der Waals surface area contributed by atoms with Crippen LogP contribution in [-0.4, -0.2) is 55.7 Å². The fourth-order valence-electron chi connectivity index (χ4n) is 1.84. The summed E-state index contributed by atoms with van der Waals surface area (Å²) in [5, 5.41) is 13.2. The number of rotatable bonds is 9. The van der Waals surface area contributed by atoms with Gasteiger partial charge in [-0.15, -0.1) is 11.3 Å². The van der Waals surface area contributed by atoms with Gasteiger partial charge in [0.15, 0.2) is 0 Å². The molecule has 0 saturated heterocycles. The monoisotopic (exact) mass is 314 g/mol. The molecule has 2 N–H and O–H groups in total. The Kier molecular flexibility index (Phi) is 7.96. The summed E-state index contributed by atoms with van der Waals surface area (Å²) in [5.74, 6) is -0.610. The molecule has 0 atom stereocenters. The lowest BCUT2D eigenvalue weighted by molar-refractivity contribution is -0.117. The highest BCUT2D eigenvalue weighted by Gasteiger charge is 2.16. The van der Waals surface area contributed by atoms with Crippen molar-refractivity contribution in [3.8, 4) is 0 Å². The van der Waals surface area contributed by atoms with E-state index in [-0.39, 0.29) is 19.1 Å². The van der Waals surface area contributed by atoms with Crippen molar-refractivity contribution >= 4 is 28.9 Å². The maximum Gasteiger partial charge on any atom is 0.350 e. The number of thiophene rings is 1. The average molecular weight is 314 g/mol. The molecule has 0 aliphatic carbocycles. The van der Waals surface area contributed by atoms with Crippen molar-refractivity contribution < 1.29 is 19.4 Å². The summed E-state index contributed by atoms with van der Waals surface area (Å²) in [4.78, 5) is 25.8. The second-order valence-corrected chi connectivity index (χ2v) is 5.64. The summed E-state index contributed by atoms with van der Waals surface area (Å²) in [6, 6.07) is 1.69. The van der Waals surface area contributed by atoms with Crippen LogP contribution in [0.4, 0.5) is 5.69 Å². The lowest BCUT2D eigenvalue weighted by atomic mass is 10.2. The number of hydrogen-bond donors (Lipinski definition) is 2. The third-order valence-corrected chi connectivity index (χ3v) is 3.82. The number of aliphatic hydroxyl groups is 1. The Morgan fingerprint density at radius 1 is 1.38 bits per heavy atom. The molecular formula is C14H22N2O4S. The molecule has 1 amide bonds. The van der Waals surface area contributed by atoms with E-state index in [1.165, 1.54) is 18.4 Å². The number of unbranched alkanes of at least 4 members (excludes halogenated alkanes) is 2. The van der Waals surface area contributed by atoms with Gasteiger partial charge in [0.05, 0.1) is 19.3 Å². The summed E-state index contributed by atoms with van der Waals surface area (Å²) in [6.45, 7) is 1.26. The maximum atomic E-state index is 11.9. The van der Waals surface area contributed by atoms with Crippen LogP contribution < -0.4 is 5.32 Å². The van der Waals surface area contributed by atoms with Crippen molar-refractivity contribution in [1.29, 1.82) is 0 Å². The average Bonchev–Trinajstić information content (AvgIpc) is 2.90. The Hall–Kier alpha value is -1.44. The second-order valence-electron chi connectivity index (χ2n) is 4.73. The summed E-state index contributed by atoms with van der Waals surface area (Å²) < 4.78 is 4.66. The fraction of sp³-hybridized carbons (Fsp3) is 0.571. The third-order valence-electron chi connectivity index (χ3n) is 2.92. The van der Waals surface area contributed by atoms with Crippen molar-refractivity contribution in [3.63, 3.8) is 0 Å². The van der Waals surface area contributed by atoms with Gasteiger partial charge in [-0.05, 0) is 44.3 Å². The van der Waals surface area contributed by atoms with Crippen LogP contribution >= 0.6 is 11.3 Å². The number of nitrogens with one attached hydrogen (secondary N) is 1. The van der Waals surface area contributed by atoms with Crippen LogP contribution in [-0.2, 0) is 9.53 Å². The van der Waals surface area contributed by atoms with E-state index in [1.54, 1.807) is 11.4 Å². The molecule has 0 aliphatic heterocycles. The number of methoxy groups -OCH3 is 1. The lowest BCUT2D eigenvalue weighted by Gasteiger charge is -2.16. The number of likely N-dealkylation sites (N-methyl/N-ethyl adjacent to an activating group) is 1. The minimum absolute atomic E-state index is 0.164. The summed E-state index contributed by atoms with van der Waals surface area (Å²) >= 11 is 1.24. The van der Waals surface area contributed by atoms with E-state index in [0.717, 1.165) is 25.8 Å². The molecule has 6 nitrogen and oxygen atoms in total. The Bertz CT molecular complexity index is 462. The predicted molar refractivity (Wildman–Crippen MR) is 82.7 cm³/mol. The van der Waals surface area contributed by atoms with Crippen LogP contribution in [0.2, 0.25) is 0 Å². The second kappa shape index (κ2) is 9.49. The number of ether oxygens (including phenoxy) is 1. The lowest BCUT2D eigenvalue weighted by Crippen LogP contribution is -2.31. The summed E-state index contributed by atoms with van der Waals surface area (Å²) in [7, 11) is 3.18. The SMILES string of the molecule is COC(=O)c1sccc1NC(=O)CN(C)CCCCCO. The summed E-state index contributed by atoms with van der Waals surface area (Å²) in [5.41, 5.74) is 0.491. The zero-order valence-corrected chi connectivity index (χ0v) is 13.2. The fourth-order valence-corrected chi connectivity index (χ4v) is 2.61. The molecule has 7 heteroatoms. The Labute approximate surface area is 128 Å². The highest BCUT2D eigenvalue weighted by molar-refractivity contribution is 7.12. The van der Waals surface area contributed by atoms with Crippen LogP contribution in [0.25, 0.3) is 0 Å². The minimum atomic E-state index is -0.447. The maximum absolute atomic E-state index is 11.9. The topological polar surface area (TPSA) is 78.9 Å². The Morgan fingerprint density at radius 3 is 2.81 bits per heavy atom. The highest BCUT2D eigenvalue weighted by atomic mass is 32.1. The number of hydrogen-bond acceptors (Lipinski definition) is 6. The van der Waals surface area contributed by atoms with Crippen molar-refractivity contribution in [1.82, 2.24) is 4.90 Å². The highest BCUT2D eigenvalue weighted by Crippen LogP contribution is 2.22. The first kappa shape index (κ1) is 17.6. The number of carbonyl (C=O) groups is 2. The van der Waals surface area contributed by atoms with Crippen LogP contribution in [0.5, 0.6) is 0 Å². The van der Waals surface area contributed by atoms with Gasteiger partial charge in [0.2, 0.25) is 5.91 Å². The van der Waals surface area contributed by atoms with E-state index in [1.807, 2.05) is 11.9 Å². The molecule has 1 aromatic heterocycles. The van der Waals surface area contributed by atoms with Gasteiger partial charge in [0.25, 0.3) is 0 Å². The van der Waals surface area contributed by atoms with Gasteiger partial charge in [0, 0.05) is 6.61 Å². The van der Waals surface area contributed by atoms with Crippen molar-refractivity contribution in [2.45, 2.75) is 19.3 Å². The molecular weight excluding hydrogens is 292 g/mol. The predicted octanol–water partition coefficient (Wildman–Crippen LogP) is 1.57.